The SMILES string of the molecule is c1ccc(COC[C@@H]2[C@H](OCc3ccccc3)[C@H](OCc3ccccc3)[C@@H](OCc3ccccc3)[C@H]3O[C@@H]23)cc1. The van der Waals surface area contributed by atoms with E-state index in [-0.39, 0.29) is 36.4 Å². The van der Waals surface area contributed by atoms with Gasteiger partial charge in [0, 0.05) is 5.92 Å². The van der Waals surface area contributed by atoms with Gasteiger partial charge in [0.25, 0.3) is 0 Å². The van der Waals surface area contributed by atoms with Gasteiger partial charge >= 0.3 is 0 Å². The van der Waals surface area contributed by atoms with Crippen LogP contribution < -0.4 is 0 Å². The summed E-state index contributed by atoms with van der Waals surface area (Å²) in [5, 5.41) is 0. The van der Waals surface area contributed by atoms with E-state index in [0.717, 1.165) is 22.3 Å². The van der Waals surface area contributed by atoms with Crippen molar-refractivity contribution in [1.82, 2.24) is 0 Å². The van der Waals surface area contributed by atoms with Crippen molar-refractivity contribution in [3.05, 3.63) is 144 Å². The van der Waals surface area contributed by atoms with Gasteiger partial charge < -0.3 is 23.7 Å². The van der Waals surface area contributed by atoms with Crippen LogP contribution in [0.3, 0.4) is 0 Å². The molecule has 0 aromatic heterocycles. The van der Waals surface area contributed by atoms with Crippen molar-refractivity contribution in [2.75, 3.05) is 6.61 Å². The molecule has 4 aromatic carbocycles. The van der Waals surface area contributed by atoms with Crippen molar-refractivity contribution < 1.29 is 23.7 Å². The number of ether oxygens (including phenoxy) is 5. The van der Waals surface area contributed by atoms with Crippen LogP contribution >= 0.6 is 0 Å². The molecule has 1 saturated carbocycles. The number of benzene rings is 4. The van der Waals surface area contributed by atoms with Gasteiger partial charge in [-0.25, -0.2) is 0 Å². The van der Waals surface area contributed by atoms with Crippen molar-refractivity contribution in [2.24, 2.45) is 5.92 Å². The molecule has 1 saturated heterocycles. The highest BCUT2D eigenvalue weighted by Crippen LogP contribution is 2.45. The van der Waals surface area contributed by atoms with Crippen molar-refractivity contribution in [2.45, 2.75) is 56.9 Å². The molecule has 1 aliphatic carbocycles. The fourth-order valence-electron chi connectivity index (χ4n) is 5.52. The van der Waals surface area contributed by atoms with E-state index in [1.165, 1.54) is 0 Å². The predicted molar refractivity (Wildman–Crippen MR) is 153 cm³/mol. The lowest BCUT2D eigenvalue weighted by atomic mass is 9.82. The van der Waals surface area contributed by atoms with Crippen molar-refractivity contribution >= 4 is 0 Å². The van der Waals surface area contributed by atoms with E-state index in [0.29, 0.717) is 33.0 Å². The fraction of sp³-hybridized carbons (Fsp3) is 0.314. The summed E-state index contributed by atoms with van der Waals surface area (Å²) in [6.07, 6.45) is -0.869. The van der Waals surface area contributed by atoms with Crippen LogP contribution in [-0.2, 0) is 50.1 Å². The summed E-state index contributed by atoms with van der Waals surface area (Å²) < 4.78 is 32.5. The van der Waals surface area contributed by atoms with Gasteiger partial charge in [0.05, 0.1) is 45.2 Å². The molecular weight excluding hydrogens is 500 g/mol. The molecule has 0 N–H and O–H groups in total. The van der Waals surface area contributed by atoms with Crippen LogP contribution in [0.15, 0.2) is 121 Å². The summed E-state index contributed by atoms with van der Waals surface area (Å²) in [6, 6.07) is 41.0. The van der Waals surface area contributed by atoms with Crippen LogP contribution in [0.25, 0.3) is 0 Å². The van der Waals surface area contributed by atoms with Crippen molar-refractivity contribution in [3.63, 3.8) is 0 Å². The van der Waals surface area contributed by atoms with Gasteiger partial charge in [-0.2, -0.15) is 0 Å². The monoisotopic (exact) mass is 536 g/mol. The summed E-state index contributed by atoms with van der Waals surface area (Å²) in [5.41, 5.74) is 4.50. The third-order valence-corrected chi connectivity index (χ3v) is 7.65. The Morgan fingerprint density at radius 1 is 0.425 bits per heavy atom. The van der Waals surface area contributed by atoms with E-state index in [1.807, 2.05) is 72.8 Å². The summed E-state index contributed by atoms with van der Waals surface area (Å²) in [7, 11) is 0. The maximum atomic E-state index is 6.70. The molecule has 5 heteroatoms. The van der Waals surface area contributed by atoms with Crippen LogP contribution in [0, 0.1) is 5.92 Å². The largest absolute Gasteiger partial charge is 0.376 e. The van der Waals surface area contributed by atoms with Gasteiger partial charge in [0.1, 0.15) is 18.3 Å². The number of epoxide rings is 1. The van der Waals surface area contributed by atoms with Gasteiger partial charge in [0.2, 0.25) is 0 Å². The molecule has 4 aromatic rings. The molecule has 0 radical (unpaired) electrons. The Morgan fingerprint density at radius 3 is 1.30 bits per heavy atom. The summed E-state index contributed by atoms with van der Waals surface area (Å²) in [5.74, 6) is 0.0229. The Morgan fingerprint density at radius 2 is 0.825 bits per heavy atom. The molecule has 0 spiro atoms. The molecule has 0 amide bonds. The highest BCUT2D eigenvalue weighted by molar-refractivity contribution is 5.18. The molecule has 5 nitrogen and oxygen atoms in total. The second-order valence-corrected chi connectivity index (χ2v) is 10.5. The maximum absolute atomic E-state index is 6.70. The van der Waals surface area contributed by atoms with Crippen LogP contribution in [0.1, 0.15) is 22.3 Å². The average molecular weight is 537 g/mol. The lowest BCUT2D eigenvalue weighted by Crippen LogP contribution is -2.55. The van der Waals surface area contributed by atoms with E-state index in [1.54, 1.807) is 0 Å². The van der Waals surface area contributed by atoms with E-state index in [4.69, 9.17) is 23.7 Å². The number of fused-ring (bicyclic) bond motifs is 1. The molecule has 0 bridgehead atoms. The second kappa shape index (κ2) is 13.4. The van der Waals surface area contributed by atoms with Gasteiger partial charge in [-0.15, -0.1) is 0 Å². The fourth-order valence-corrected chi connectivity index (χ4v) is 5.52. The zero-order valence-corrected chi connectivity index (χ0v) is 22.6. The van der Waals surface area contributed by atoms with Gasteiger partial charge in [0.15, 0.2) is 0 Å². The van der Waals surface area contributed by atoms with Gasteiger partial charge in [-0.1, -0.05) is 121 Å². The lowest BCUT2D eigenvalue weighted by molar-refractivity contribution is -0.185. The average Bonchev–Trinajstić information content (AvgIpc) is 3.82. The van der Waals surface area contributed by atoms with Crippen LogP contribution in [0.4, 0.5) is 0 Å². The Balaban J connectivity index is 1.23. The van der Waals surface area contributed by atoms with E-state index in [9.17, 15) is 0 Å². The van der Waals surface area contributed by atoms with Crippen LogP contribution in [-0.4, -0.2) is 37.1 Å². The Kier molecular flexibility index (Phi) is 8.98. The maximum Gasteiger partial charge on any atom is 0.115 e. The quantitative estimate of drug-likeness (QED) is 0.186. The van der Waals surface area contributed by atoms with Crippen LogP contribution in [0.5, 0.6) is 0 Å². The van der Waals surface area contributed by atoms with Crippen molar-refractivity contribution in [1.29, 1.82) is 0 Å². The normalized spacial score (nSPS) is 25.3. The highest BCUT2D eigenvalue weighted by atomic mass is 16.6. The van der Waals surface area contributed by atoms with E-state index < -0.39 is 0 Å². The molecule has 2 fully saturated rings. The Hall–Kier alpha value is -3.32. The predicted octanol–water partition coefficient (Wildman–Crippen LogP) is 6.36. The Bertz CT molecular complexity index is 1280. The molecule has 40 heavy (non-hydrogen) atoms. The first-order chi connectivity index (χ1) is 19.8. The molecule has 206 valence electrons. The van der Waals surface area contributed by atoms with Crippen molar-refractivity contribution in [3.8, 4) is 0 Å². The number of hydrogen-bond donors (Lipinski definition) is 0. The zero-order chi connectivity index (χ0) is 27.0. The van der Waals surface area contributed by atoms with E-state index >= 15 is 0 Å². The molecule has 6 rings (SSSR count). The van der Waals surface area contributed by atoms with E-state index in [2.05, 4.69) is 48.5 Å². The second-order valence-electron chi connectivity index (χ2n) is 10.5. The van der Waals surface area contributed by atoms with Crippen LogP contribution in [0.2, 0.25) is 0 Å². The minimum atomic E-state index is -0.318. The molecule has 1 heterocycles. The first-order valence-corrected chi connectivity index (χ1v) is 14.1. The first kappa shape index (κ1) is 26.9. The molecular formula is C35H36O5. The smallest absolute Gasteiger partial charge is 0.115 e. The highest BCUT2D eigenvalue weighted by Gasteiger charge is 2.62. The van der Waals surface area contributed by atoms with Gasteiger partial charge in [-0.3, -0.25) is 0 Å². The number of rotatable bonds is 13. The minimum absolute atomic E-state index is 0.00824. The third kappa shape index (κ3) is 6.87. The Labute approximate surface area is 236 Å². The minimum Gasteiger partial charge on any atom is -0.376 e. The first-order valence-electron chi connectivity index (χ1n) is 14.1. The number of hydrogen-bond acceptors (Lipinski definition) is 5. The van der Waals surface area contributed by atoms with Gasteiger partial charge in [-0.05, 0) is 22.3 Å². The summed E-state index contributed by atoms with van der Waals surface area (Å²) in [6.45, 7) is 2.51. The zero-order valence-electron chi connectivity index (χ0n) is 22.6. The summed E-state index contributed by atoms with van der Waals surface area (Å²) in [4.78, 5) is 0. The molecule has 2 aliphatic rings. The molecule has 1 aliphatic heterocycles. The third-order valence-electron chi connectivity index (χ3n) is 7.65. The molecule has 0 unspecified atom stereocenters. The summed E-state index contributed by atoms with van der Waals surface area (Å²) >= 11 is 0. The molecule has 6 atom stereocenters. The topological polar surface area (TPSA) is 49.5 Å². The lowest BCUT2D eigenvalue weighted by Gasteiger charge is -2.40. The standard InChI is InChI=1S/C35H36O5/c1-5-13-26(14-6-1)21-36-25-30-31(37-22-27-15-7-2-8-16-27)33(38-23-28-17-9-3-10-18-28)34(35-32(30)40-35)39-24-29-19-11-4-12-20-29/h1-20,30-35H,21-25H2/t30-,31+,32+,33+,34-,35+/m1/s1.